The van der Waals surface area contributed by atoms with E-state index < -0.39 is 0 Å². The highest BCUT2D eigenvalue weighted by Gasteiger charge is 2.60. The molecule has 0 heterocycles. The second-order valence-corrected chi connectivity index (χ2v) is 4.09. The smallest absolute Gasteiger partial charge is 0.305 e. The Bertz CT molecular complexity index is 220. The second-order valence-electron chi connectivity index (χ2n) is 4.09. The van der Waals surface area contributed by atoms with Crippen LogP contribution in [-0.4, -0.2) is 18.4 Å². The minimum atomic E-state index is -0.175. The summed E-state index contributed by atoms with van der Waals surface area (Å²) in [6.45, 7) is 5.82. The predicted octanol–water partition coefficient (Wildman–Crippen LogP) is 1.55. The third-order valence-corrected chi connectivity index (χ3v) is 2.84. The lowest BCUT2D eigenvalue weighted by Crippen LogP contribution is -2.08. The number of carbonyl (C=O) groups is 2. The van der Waals surface area contributed by atoms with Crippen LogP contribution in [0.5, 0.6) is 0 Å². The van der Waals surface area contributed by atoms with E-state index in [1.54, 1.807) is 6.92 Å². The van der Waals surface area contributed by atoms with Gasteiger partial charge in [-0.2, -0.15) is 0 Å². The molecule has 13 heavy (non-hydrogen) atoms. The molecule has 0 spiro atoms. The Labute approximate surface area is 78.5 Å². The van der Waals surface area contributed by atoms with Crippen LogP contribution >= 0.6 is 0 Å². The zero-order valence-electron chi connectivity index (χ0n) is 8.37. The van der Waals surface area contributed by atoms with Gasteiger partial charge in [-0.05, 0) is 0 Å². The van der Waals surface area contributed by atoms with Crippen molar-refractivity contribution < 1.29 is 14.3 Å². The van der Waals surface area contributed by atoms with Crippen LogP contribution < -0.4 is 0 Å². The maximum atomic E-state index is 11.0. The number of ether oxygens (including phenoxy) is 1. The first-order valence-electron chi connectivity index (χ1n) is 4.67. The van der Waals surface area contributed by atoms with Crippen LogP contribution in [0.15, 0.2) is 0 Å². The molecule has 1 saturated carbocycles. The van der Waals surface area contributed by atoms with Crippen molar-refractivity contribution in [1.82, 2.24) is 0 Å². The Hall–Kier alpha value is -0.860. The molecule has 0 radical (unpaired) electrons. The van der Waals surface area contributed by atoms with Gasteiger partial charge < -0.3 is 9.53 Å². The van der Waals surface area contributed by atoms with Gasteiger partial charge in [0.15, 0.2) is 0 Å². The van der Waals surface area contributed by atoms with E-state index in [-0.39, 0.29) is 23.4 Å². The molecule has 0 aliphatic heterocycles. The molecule has 0 amide bonds. The van der Waals surface area contributed by atoms with Crippen molar-refractivity contribution >= 4 is 12.3 Å². The lowest BCUT2D eigenvalue weighted by Gasteiger charge is -2.03. The molecule has 2 atom stereocenters. The Balaban J connectivity index is 2.45. The molecule has 1 fully saturated rings. The van der Waals surface area contributed by atoms with E-state index in [0.29, 0.717) is 12.8 Å². The fraction of sp³-hybridized carbons (Fsp3) is 0.800. The highest BCUT2D eigenvalue weighted by atomic mass is 16.6. The fourth-order valence-corrected chi connectivity index (χ4v) is 1.68. The number of aldehydes is 1. The summed E-state index contributed by atoms with van der Waals surface area (Å²) < 4.78 is 5.19. The Morgan fingerprint density at radius 2 is 2.15 bits per heavy atom. The third kappa shape index (κ3) is 1.90. The molecule has 0 saturated heterocycles. The summed E-state index contributed by atoms with van der Waals surface area (Å²) in [4.78, 5) is 21.3. The van der Waals surface area contributed by atoms with Crippen molar-refractivity contribution in [2.45, 2.75) is 39.7 Å². The van der Waals surface area contributed by atoms with E-state index in [1.807, 2.05) is 13.8 Å². The molecule has 0 aromatic carbocycles. The molecule has 0 aromatic heterocycles. The van der Waals surface area contributed by atoms with Crippen molar-refractivity contribution in [2.24, 2.45) is 11.3 Å². The van der Waals surface area contributed by atoms with Gasteiger partial charge in [0.05, 0.1) is 0 Å². The molecule has 2 unspecified atom stereocenters. The molecule has 0 N–H and O–H groups in total. The number of rotatable bonds is 4. The van der Waals surface area contributed by atoms with Crippen molar-refractivity contribution in [3.05, 3.63) is 0 Å². The van der Waals surface area contributed by atoms with Crippen molar-refractivity contribution in [1.29, 1.82) is 0 Å². The Morgan fingerprint density at radius 3 is 2.62 bits per heavy atom. The van der Waals surface area contributed by atoms with E-state index in [9.17, 15) is 9.59 Å². The summed E-state index contributed by atoms with van der Waals surface area (Å²) in [6.07, 6.45) is 1.74. The molecule has 1 aliphatic carbocycles. The zero-order valence-corrected chi connectivity index (χ0v) is 8.37. The van der Waals surface area contributed by atoms with Crippen LogP contribution in [0, 0.1) is 11.3 Å². The fourth-order valence-electron chi connectivity index (χ4n) is 1.68. The summed E-state index contributed by atoms with van der Waals surface area (Å²) in [5.41, 5.74) is -0.00819. The lowest BCUT2D eigenvalue weighted by atomic mass is 10.1. The molecule has 3 nitrogen and oxygen atoms in total. The SMILES string of the molecule is CCC(=O)OC1C(CC=O)C1(C)C. The average molecular weight is 184 g/mol. The van der Waals surface area contributed by atoms with Gasteiger partial charge in [0, 0.05) is 24.2 Å². The monoisotopic (exact) mass is 184 g/mol. The number of esters is 1. The minimum absolute atomic E-state index is 0.00819. The van der Waals surface area contributed by atoms with E-state index in [2.05, 4.69) is 0 Å². The van der Waals surface area contributed by atoms with Crippen LogP contribution in [0.1, 0.15) is 33.6 Å². The van der Waals surface area contributed by atoms with Gasteiger partial charge >= 0.3 is 5.97 Å². The predicted molar refractivity (Wildman–Crippen MR) is 48.1 cm³/mol. The van der Waals surface area contributed by atoms with Crippen LogP contribution in [0.2, 0.25) is 0 Å². The Morgan fingerprint density at radius 1 is 1.54 bits per heavy atom. The molecular weight excluding hydrogens is 168 g/mol. The molecule has 0 aromatic rings. The average Bonchev–Trinajstić information content (AvgIpc) is 2.56. The van der Waals surface area contributed by atoms with Crippen molar-refractivity contribution in [2.75, 3.05) is 0 Å². The maximum absolute atomic E-state index is 11.0. The summed E-state index contributed by atoms with van der Waals surface area (Å²) in [5.74, 6) is 0.0481. The summed E-state index contributed by atoms with van der Waals surface area (Å²) in [6, 6.07) is 0. The maximum Gasteiger partial charge on any atom is 0.305 e. The summed E-state index contributed by atoms with van der Waals surface area (Å²) in [5, 5.41) is 0. The first-order valence-corrected chi connectivity index (χ1v) is 4.67. The minimum Gasteiger partial charge on any atom is -0.461 e. The van der Waals surface area contributed by atoms with E-state index >= 15 is 0 Å². The van der Waals surface area contributed by atoms with Crippen molar-refractivity contribution in [3.63, 3.8) is 0 Å². The standard InChI is InChI=1S/C10H16O3/c1-4-8(12)13-9-7(5-6-11)10(9,2)3/h6-7,9H,4-5H2,1-3H3. The zero-order chi connectivity index (χ0) is 10.1. The van der Waals surface area contributed by atoms with Crippen LogP contribution in [0.3, 0.4) is 0 Å². The van der Waals surface area contributed by atoms with Gasteiger partial charge in [0.1, 0.15) is 12.4 Å². The first-order chi connectivity index (χ1) is 6.04. The number of hydrogen-bond acceptors (Lipinski definition) is 3. The van der Waals surface area contributed by atoms with Gasteiger partial charge in [-0.25, -0.2) is 0 Å². The quantitative estimate of drug-likeness (QED) is 0.492. The van der Waals surface area contributed by atoms with Gasteiger partial charge in [0.25, 0.3) is 0 Å². The highest BCUT2D eigenvalue weighted by molar-refractivity contribution is 5.69. The van der Waals surface area contributed by atoms with Gasteiger partial charge in [-0.1, -0.05) is 20.8 Å². The second kappa shape index (κ2) is 3.48. The first kappa shape index (κ1) is 10.2. The lowest BCUT2D eigenvalue weighted by molar-refractivity contribution is -0.146. The van der Waals surface area contributed by atoms with Gasteiger partial charge in [-0.3, -0.25) is 4.79 Å². The molecule has 74 valence electrons. The number of hydrogen-bond donors (Lipinski definition) is 0. The topological polar surface area (TPSA) is 43.4 Å². The number of carbonyl (C=O) groups excluding carboxylic acids is 2. The van der Waals surface area contributed by atoms with E-state index in [4.69, 9.17) is 4.74 Å². The normalized spacial score (nSPS) is 29.5. The molecule has 0 bridgehead atoms. The van der Waals surface area contributed by atoms with Crippen molar-refractivity contribution in [3.8, 4) is 0 Å². The third-order valence-electron chi connectivity index (χ3n) is 2.84. The summed E-state index contributed by atoms with van der Waals surface area (Å²) >= 11 is 0. The Kier molecular flexibility index (Phi) is 2.74. The van der Waals surface area contributed by atoms with Crippen LogP contribution in [0.4, 0.5) is 0 Å². The molecular formula is C10H16O3. The largest absolute Gasteiger partial charge is 0.461 e. The van der Waals surface area contributed by atoms with E-state index in [1.165, 1.54) is 0 Å². The molecule has 1 rings (SSSR count). The van der Waals surface area contributed by atoms with Gasteiger partial charge in [-0.15, -0.1) is 0 Å². The molecule has 1 aliphatic rings. The van der Waals surface area contributed by atoms with E-state index in [0.717, 1.165) is 6.29 Å². The van der Waals surface area contributed by atoms with Crippen LogP contribution in [-0.2, 0) is 14.3 Å². The highest BCUT2D eigenvalue weighted by Crippen LogP contribution is 2.55. The van der Waals surface area contributed by atoms with Crippen LogP contribution in [0.25, 0.3) is 0 Å². The summed E-state index contributed by atoms with van der Waals surface area (Å²) in [7, 11) is 0. The van der Waals surface area contributed by atoms with Gasteiger partial charge in [0.2, 0.25) is 0 Å². The molecule has 3 heteroatoms.